The van der Waals surface area contributed by atoms with Gasteiger partial charge in [0.25, 0.3) is 0 Å². The van der Waals surface area contributed by atoms with Crippen LogP contribution in [0, 0.1) is 5.41 Å². The second-order valence-electron chi connectivity index (χ2n) is 6.28. The Kier molecular flexibility index (Phi) is 1.79. The third-order valence-electron chi connectivity index (χ3n) is 5.16. The first-order valence-corrected chi connectivity index (χ1v) is 7.81. The molecular formula is C21H12N2. The topological polar surface area (TPSA) is 39.6 Å². The van der Waals surface area contributed by atoms with Crippen molar-refractivity contribution in [3.8, 4) is 0 Å². The average Bonchev–Trinajstić information content (AvgIpc) is 2.60. The zero-order chi connectivity index (χ0) is 15.1. The molecule has 0 bridgehead atoms. The Hall–Kier alpha value is -3.13. The first-order valence-electron chi connectivity index (χ1n) is 7.81. The highest BCUT2D eigenvalue weighted by atomic mass is 14.7. The van der Waals surface area contributed by atoms with Gasteiger partial charge in [0.1, 0.15) is 5.49 Å². The van der Waals surface area contributed by atoms with Crippen LogP contribution in [0.3, 0.4) is 0 Å². The summed E-state index contributed by atoms with van der Waals surface area (Å²) in [5.74, 6) is 0. The summed E-state index contributed by atoms with van der Waals surface area (Å²) in [6.07, 6.45) is 0. The van der Waals surface area contributed by atoms with E-state index in [0.717, 1.165) is 10.9 Å². The quantitative estimate of drug-likeness (QED) is 0.287. The lowest BCUT2D eigenvalue weighted by Gasteiger charge is -2.17. The van der Waals surface area contributed by atoms with E-state index < -0.39 is 0 Å². The lowest BCUT2D eigenvalue weighted by molar-refractivity contribution is 1.16. The van der Waals surface area contributed by atoms with Gasteiger partial charge in [-0.25, -0.2) is 0 Å². The SMILES string of the molecule is N=c1[nH]c2ccc3cccc4c5cccc6ccc1c(c65)c2c34. The molecule has 1 heterocycles. The van der Waals surface area contributed by atoms with Crippen LogP contribution < -0.4 is 5.49 Å². The summed E-state index contributed by atoms with van der Waals surface area (Å²) < 4.78 is 0. The smallest absolute Gasteiger partial charge is 0.130 e. The second kappa shape index (κ2) is 3.61. The molecule has 2 N–H and O–H groups in total. The summed E-state index contributed by atoms with van der Waals surface area (Å²) in [6, 6.07) is 21.5. The fourth-order valence-electron chi connectivity index (χ4n) is 4.24. The largest absolute Gasteiger partial charge is 0.340 e. The molecular weight excluding hydrogens is 280 g/mol. The summed E-state index contributed by atoms with van der Waals surface area (Å²) in [4.78, 5) is 3.28. The average molecular weight is 292 g/mol. The van der Waals surface area contributed by atoms with Crippen molar-refractivity contribution in [1.82, 2.24) is 4.98 Å². The van der Waals surface area contributed by atoms with E-state index in [1.54, 1.807) is 0 Å². The van der Waals surface area contributed by atoms with Crippen LogP contribution in [-0.2, 0) is 0 Å². The third kappa shape index (κ3) is 1.20. The number of aromatic amines is 1. The fraction of sp³-hybridized carbons (Fsp3) is 0. The molecule has 23 heavy (non-hydrogen) atoms. The van der Waals surface area contributed by atoms with Gasteiger partial charge < -0.3 is 4.98 Å². The lowest BCUT2D eigenvalue weighted by atomic mass is 9.87. The van der Waals surface area contributed by atoms with Gasteiger partial charge in [0.15, 0.2) is 0 Å². The van der Waals surface area contributed by atoms with Gasteiger partial charge in [-0.15, -0.1) is 0 Å². The van der Waals surface area contributed by atoms with E-state index in [9.17, 15) is 0 Å². The first-order chi connectivity index (χ1) is 11.3. The van der Waals surface area contributed by atoms with Crippen LogP contribution >= 0.6 is 0 Å². The second-order valence-corrected chi connectivity index (χ2v) is 6.28. The number of pyridine rings is 1. The predicted octanol–water partition coefficient (Wildman–Crippen LogP) is 5.14. The van der Waals surface area contributed by atoms with E-state index in [1.165, 1.54) is 43.1 Å². The monoisotopic (exact) mass is 292 g/mol. The van der Waals surface area contributed by atoms with Gasteiger partial charge in [-0.05, 0) is 38.4 Å². The summed E-state index contributed by atoms with van der Waals surface area (Å²) >= 11 is 0. The molecule has 0 amide bonds. The number of H-pyrrole nitrogens is 1. The molecule has 1 aromatic heterocycles. The maximum Gasteiger partial charge on any atom is 0.130 e. The van der Waals surface area contributed by atoms with E-state index in [4.69, 9.17) is 5.41 Å². The minimum Gasteiger partial charge on any atom is -0.340 e. The van der Waals surface area contributed by atoms with Crippen molar-refractivity contribution < 1.29 is 0 Å². The van der Waals surface area contributed by atoms with Crippen LogP contribution in [0.5, 0.6) is 0 Å². The molecule has 0 unspecified atom stereocenters. The van der Waals surface area contributed by atoms with Gasteiger partial charge in [-0.1, -0.05) is 54.6 Å². The Balaban J connectivity index is 2.23. The van der Waals surface area contributed by atoms with Crippen LogP contribution in [0.2, 0.25) is 0 Å². The standard InChI is InChI=1S/C21H12N2/c22-21-15-9-7-11-3-1-5-13-14-6-2-4-12-8-10-16(23-21)20(18(12)14)19(15)17(11)13/h1-10H,(H2,22,23). The molecule has 0 spiro atoms. The molecule has 0 atom stereocenters. The van der Waals surface area contributed by atoms with Crippen molar-refractivity contribution in [2.45, 2.75) is 0 Å². The molecule has 0 radical (unpaired) electrons. The highest BCUT2D eigenvalue weighted by Crippen LogP contribution is 2.42. The summed E-state index contributed by atoms with van der Waals surface area (Å²) in [5, 5.41) is 19.5. The molecule has 0 saturated heterocycles. The van der Waals surface area contributed by atoms with Crippen LogP contribution in [-0.4, -0.2) is 4.98 Å². The number of hydrogen-bond acceptors (Lipinski definition) is 1. The molecule has 0 aliphatic carbocycles. The Morgan fingerprint density at radius 3 is 1.96 bits per heavy atom. The number of benzene rings is 5. The minimum absolute atomic E-state index is 0.489. The van der Waals surface area contributed by atoms with Crippen LogP contribution in [0.15, 0.2) is 60.7 Å². The maximum absolute atomic E-state index is 8.39. The van der Waals surface area contributed by atoms with Crippen molar-refractivity contribution in [1.29, 1.82) is 5.41 Å². The van der Waals surface area contributed by atoms with Gasteiger partial charge >= 0.3 is 0 Å². The molecule has 0 saturated carbocycles. The molecule has 0 aliphatic heterocycles. The normalized spacial score (nSPS) is 12.5. The van der Waals surface area contributed by atoms with Gasteiger partial charge in [0.05, 0.1) is 0 Å². The molecule has 2 nitrogen and oxygen atoms in total. The van der Waals surface area contributed by atoms with Crippen LogP contribution in [0.25, 0.3) is 54.0 Å². The molecule has 6 rings (SSSR count). The number of rotatable bonds is 0. The van der Waals surface area contributed by atoms with Crippen molar-refractivity contribution in [3.63, 3.8) is 0 Å². The minimum atomic E-state index is 0.489. The highest BCUT2D eigenvalue weighted by molar-refractivity contribution is 6.38. The number of fused-ring (bicyclic) bond motifs is 1. The van der Waals surface area contributed by atoms with E-state index in [0.29, 0.717) is 5.49 Å². The zero-order valence-electron chi connectivity index (χ0n) is 12.3. The maximum atomic E-state index is 8.39. The first kappa shape index (κ1) is 11.4. The van der Waals surface area contributed by atoms with Crippen molar-refractivity contribution in [3.05, 3.63) is 66.2 Å². The number of nitrogens with one attached hydrogen (secondary N) is 2. The van der Waals surface area contributed by atoms with Gasteiger partial charge in [0.2, 0.25) is 0 Å². The van der Waals surface area contributed by atoms with Crippen molar-refractivity contribution in [2.24, 2.45) is 0 Å². The van der Waals surface area contributed by atoms with Crippen LogP contribution in [0.1, 0.15) is 0 Å². The van der Waals surface area contributed by atoms with Gasteiger partial charge in [0, 0.05) is 21.7 Å². The van der Waals surface area contributed by atoms with E-state index >= 15 is 0 Å². The molecule has 5 aromatic carbocycles. The summed E-state index contributed by atoms with van der Waals surface area (Å²) in [7, 11) is 0. The van der Waals surface area contributed by atoms with Crippen molar-refractivity contribution >= 4 is 54.0 Å². The Morgan fingerprint density at radius 1 is 0.565 bits per heavy atom. The van der Waals surface area contributed by atoms with E-state index in [2.05, 4.69) is 65.6 Å². The van der Waals surface area contributed by atoms with Crippen molar-refractivity contribution in [2.75, 3.05) is 0 Å². The number of aromatic nitrogens is 1. The van der Waals surface area contributed by atoms with E-state index in [1.807, 2.05) is 0 Å². The molecule has 0 aliphatic rings. The summed E-state index contributed by atoms with van der Waals surface area (Å²) in [6.45, 7) is 0. The van der Waals surface area contributed by atoms with Gasteiger partial charge in [-0.3, -0.25) is 5.41 Å². The lowest BCUT2D eigenvalue weighted by Crippen LogP contribution is -2.07. The molecule has 106 valence electrons. The molecule has 2 heteroatoms. The fourth-order valence-corrected chi connectivity index (χ4v) is 4.24. The highest BCUT2D eigenvalue weighted by Gasteiger charge is 2.17. The summed E-state index contributed by atoms with van der Waals surface area (Å²) in [5.41, 5.74) is 1.53. The Morgan fingerprint density at radius 2 is 1.22 bits per heavy atom. The zero-order valence-corrected chi connectivity index (χ0v) is 12.3. The number of hydrogen-bond donors (Lipinski definition) is 2. The predicted molar refractivity (Wildman–Crippen MR) is 96.5 cm³/mol. The van der Waals surface area contributed by atoms with E-state index in [-0.39, 0.29) is 0 Å². The Labute approximate surface area is 131 Å². The molecule has 6 aromatic rings. The third-order valence-corrected chi connectivity index (χ3v) is 5.16. The van der Waals surface area contributed by atoms with Crippen LogP contribution in [0.4, 0.5) is 0 Å². The molecule has 0 fully saturated rings. The van der Waals surface area contributed by atoms with Gasteiger partial charge in [-0.2, -0.15) is 0 Å². The Bertz CT molecular complexity index is 1420.